The molecular weight excluding hydrogens is 416 g/mol. The van der Waals surface area contributed by atoms with Crippen LogP contribution >= 0.6 is 12.4 Å². The summed E-state index contributed by atoms with van der Waals surface area (Å²) in [5.74, 6) is -0.396. The van der Waals surface area contributed by atoms with Gasteiger partial charge in [-0.2, -0.15) is 0 Å². The van der Waals surface area contributed by atoms with Crippen LogP contribution in [0, 0.1) is 0 Å². The van der Waals surface area contributed by atoms with Gasteiger partial charge in [-0.15, -0.1) is 12.4 Å². The molecule has 2 fully saturated rings. The minimum Gasteiger partial charge on any atom is -0.468 e. The molecule has 0 aromatic rings. The summed E-state index contributed by atoms with van der Waals surface area (Å²) in [6, 6.07) is 0. The van der Waals surface area contributed by atoms with Crippen LogP contribution in [0.4, 0.5) is 4.79 Å². The third-order valence-electron chi connectivity index (χ3n) is 4.39. The molecule has 0 saturated carbocycles. The minimum atomic E-state index is -0.472. The number of esters is 2. The highest BCUT2D eigenvalue weighted by Gasteiger charge is 2.26. The molecule has 2 aliphatic rings. The summed E-state index contributed by atoms with van der Waals surface area (Å²) in [5.41, 5.74) is -0.472. The van der Waals surface area contributed by atoms with E-state index in [1.165, 1.54) is 14.2 Å². The number of ether oxygens (including phenoxy) is 3. The van der Waals surface area contributed by atoms with Gasteiger partial charge >= 0.3 is 18.0 Å². The van der Waals surface area contributed by atoms with E-state index in [0.29, 0.717) is 32.7 Å². The van der Waals surface area contributed by atoms with E-state index in [9.17, 15) is 14.4 Å². The zero-order valence-corrected chi connectivity index (χ0v) is 19.6. The number of halogens is 1. The van der Waals surface area contributed by atoms with Crippen molar-refractivity contribution in [3.05, 3.63) is 0 Å². The Labute approximate surface area is 185 Å². The zero-order valence-electron chi connectivity index (χ0n) is 18.8. The Hall–Kier alpha value is -1.62. The molecule has 2 saturated heterocycles. The monoisotopic (exact) mass is 452 g/mol. The second-order valence-corrected chi connectivity index (χ2v) is 7.92. The fraction of sp³-hybridized carbons (Fsp3) is 0.842. The van der Waals surface area contributed by atoms with Crippen LogP contribution in [-0.2, 0) is 23.8 Å². The fourth-order valence-corrected chi connectivity index (χ4v) is 2.78. The topological polar surface area (TPSA) is 101 Å². The summed E-state index contributed by atoms with van der Waals surface area (Å²) in [6.07, 6.45) is -0.291. The van der Waals surface area contributed by atoms with Crippen LogP contribution in [0.2, 0.25) is 0 Å². The maximum Gasteiger partial charge on any atom is 0.410 e. The normalized spacial score (nSPS) is 17.7. The Balaban J connectivity index is 0.000000603. The van der Waals surface area contributed by atoms with Gasteiger partial charge in [0.15, 0.2) is 0 Å². The summed E-state index contributed by atoms with van der Waals surface area (Å²) >= 11 is 0. The number of hydrogen-bond donors (Lipinski definition) is 1. The van der Waals surface area contributed by atoms with Crippen molar-refractivity contribution in [2.75, 3.05) is 79.7 Å². The quantitative estimate of drug-likeness (QED) is 0.473. The number of carbonyl (C=O) groups excluding carboxylic acids is 3. The standard InChI is InChI=1S/C12H22N2O4.C7H14N2O2.ClH/c1-12(2,3)18-11(16)14-7-5-13(6-8-14)9-10(15)17-4;1-11-7(10)6-9-4-2-8-3-5-9;/h5-9H2,1-4H3;8H,2-6H2,1H3;1H. The number of rotatable bonds is 4. The van der Waals surface area contributed by atoms with E-state index in [-0.39, 0.29) is 37.0 Å². The highest BCUT2D eigenvalue weighted by atomic mass is 35.5. The van der Waals surface area contributed by atoms with Gasteiger partial charge in [0, 0.05) is 52.4 Å². The average Bonchev–Trinajstić information content (AvgIpc) is 2.68. The molecule has 2 heterocycles. The van der Waals surface area contributed by atoms with Crippen LogP contribution in [0.5, 0.6) is 0 Å². The first kappa shape index (κ1) is 28.4. The first-order valence-electron chi connectivity index (χ1n) is 9.91. The lowest BCUT2D eigenvalue weighted by Crippen LogP contribution is -2.51. The van der Waals surface area contributed by atoms with Crippen molar-refractivity contribution in [2.45, 2.75) is 26.4 Å². The van der Waals surface area contributed by atoms with Gasteiger partial charge in [-0.3, -0.25) is 19.4 Å². The number of nitrogens with zero attached hydrogens (tertiary/aromatic N) is 3. The maximum absolute atomic E-state index is 11.8. The molecule has 11 heteroatoms. The van der Waals surface area contributed by atoms with E-state index in [1.54, 1.807) is 4.90 Å². The number of methoxy groups -OCH3 is 2. The van der Waals surface area contributed by atoms with Gasteiger partial charge in [-0.05, 0) is 20.8 Å². The van der Waals surface area contributed by atoms with Crippen molar-refractivity contribution in [3.8, 4) is 0 Å². The Morgan fingerprint density at radius 3 is 1.63 bits per heavy atom. The largest absolute Gasteiger partial charge is 0.468 e. The molecule has 2 aliphatic heterocycles. The Morgan fingerprint density at radius 1 is 0.800 bits per heavy atom. The third kappa shape index (κ3) is 12.2. The molecule has 0 aromatic heterocycles. The molecule has 0 aliphatic carbocycles. The molecule has 0 radical (unpaired) electrons. The lowest BCUT2D eigenvalue weighted by atomic mass is 10.2. The number of hydrogen-bond acceptors (Lipinski definition) is 9. The van der Waals surface area contributed by atoms with Crippen molar-refractivity contribution >= 4 is 30.4 Å². The number of amides is 1. The minimum absolute atomic E-state index is 0. The van der Waals surface area contributed by atoms with Crippen LogP contribution in [0.15, 0.2) is 0 Å². The average molecular weight is 453 g/mol. The SMILES string of the molecule is COC(=O)CN1CCN(C(=O)OC(C)(C)C)CC1.COC(=O)CN1CCNCC1.Cl. The molecule has 0 atom stereocenters. The van der Waals surface area contributed by atoms with Crippen LogP contribution in [0.25, 0.3) is 0 Å². The smallest absolute Gasteiger partial charge is 0.410 e. The van der Waals surface area contributed by atoms with Gasteiger partial charge in [0.2, 0.25) is 0 Å². The maximum atomic E-state index is 11.8. The van der Waals surface area contributed by atoms with Crippen LogP contribution in [0.1, 0.15) is 20.8 Å². The molecule has 0 bridgehead atoms. The zero-order chi connectivity index (χ0) is 21.9. The van der Waals surface area contributed by atoms with Gasteiger partial charge in [0.25, 0.3) is 0 Å². The van der Waals surface area contributed by atoms with Crippen molar-refractivity contribution < 1.29 is 28.6 Å². The first-order valence-corrected chi connectivity index (χ1v) is 9.91. The predicted octanol–water partition coefficient (Wildman–Crippen LogP) is 0.199. The Kier molecular flexibility index (Phi) is 13.6. The van der Waals surface area contributed by atoms with Crippen molar-refractivity contribution in [2.24, 2.45) is 0 Å². The molecule has 1 amide bonds. The van der Waals surface area contributed by atoms with Gasteiger partial charge in [0.05, 0.1) is 27.3 Å². The summed E-state index contributed by atoms with van der Waals surface area (Å²) in [5, 5.41) is 3.21. The van der Waals surface area contributed by atoms with Crippen LogP contribution in [0.3, 0.4) is 0 Å². The van der Waals surface area contributed by atoms with Crippen LogP contribution < -0.4 is 5.32 Å². The summed E-state index contributed by atoms with van der Waals surface area (Å²) in [4.78, 5) is 39.4. The highest BCUT2D eigenvalue weighted by Crippen LogP contribution is 2.11. The fourth-order valence-electron chi connectivity index (χ4n) is 2.78. The molecule has 176 valence electrons. The van der Waals surface area contributed by atoms with Crippen LogP contribution in [-0.4, -0.2) is 118 Å². The lowest BCUT2D eigenvalue weighted by molar-refractivity contribution is -0.143. The number of piperazine rings is 2. The lowest BCUT2D eigenvalue weighted by Gasteiger charge is -2.34. The summed E-state index contributed by atoms with van der Waals surface area (Å²) < 4.78 is 14.5. The third-order valence-corrected chi connectivity index (χ3v) is 4.39. The van der Waals surface area contributed by atoms with E-state index in [4.69, 9.17) is 4.74 Å². The van der Waals surface area contributed by atoms with Crippen molar-refractivity contribution in [3.63, 3.8) is 0 Å². The second-order valence-electron chi connectivity index (χ2n) is 7.92. The summed E-state index contributed by atoms with van der Waals surface area (Å²) in [7, 11) is 2.80. The van der Waals surface area contributed by atoms with Gasteiger partial charge < -0.3 is 24.4 Å². The van der Waals surface area contributed by atoms with Gasteiger partial charge in [0.1, 0.15) is 5.60 Å². The predicted molar refractivity (Wildman–Crippen MR) is 115 cm³/mol. The molecular formula is C19H37ClN4O6. The molecule has 1 N–H and O–H groups in total. The highest BCUT2D eigenvalue weighted by molar-refractivity contribution is 5.85. The van der Waals surface area contributed by atoms with Crippen molar-refractivity contribution in [1.29, 1.82) is 0 Å². The molecule has 0 unspecified atom stereocenters. The van der Waals surface area contributed by atoms with E-state index in [0.717, 1.165) is 26.2 Å². The van der Waals surface area contributed by atoms with Gasteiger partial charge in [-0.1, -0.05) is 0 Å². The summed E-state index contributed by atoms with van der Waals surface area (Å²) in [6.45, 7) is 12.5. The molecule has 0 aromatic carbocycles. The van der Waals surface area contributed by atoms with E-state index in [1.807, 2.05) is 25.7 Å². The Morgan fingerprint density at radius 2 is 1.23 bits per heavy atom. The Bertz CT molecular complexity index is 530. The molecule has 0 spiro atoms. The molecule has 10 nitrogen and oxygen atoms in total. The van der Waals surface area contributed by atoms with Gasteiger partial charge in [-0.25, -0.2) is 4.79 Å². The van der Waals surface area contributed by atoms with E-state index < -0.39 is 5.60 Å². The number of nitrogens with one attached hydrogen (secondary N) is 1. The van der Waals surface area contributed by atoms with E-state index >= 15 is 0 Å². The van der Waals surface area contributed by atoms with Crippen molar-refractivity contribution in [1.82, 2.24) is 20.0 Å². The van der Waals surface area contributed by atoms with E-state index in [2.05, 4.69) is 19.7 Å². The number of carbonyl (C=O) groups is 3. The first-order chi connectivity index (χ1) is 13.6. The molecule has 2 rings (SSSR count). The second kappa shape index (κ2) is 14.4. The molecule has 30 heavy (non-hydrogen) atoms.